The van der Waals surface area contributed by atoms with Crippen LogP contribution >= 0.6 is 11.3 Å². The predicted molar refractivity (Wildman–Crippen MR) is 84.3 cm³/mol. The number of amides is 1. The summed E-state index contributed by atoms with van der Waals surface area (Å²) in [6, 6.07) is 8.13. The highest BCUT2D eigenvalue weighted by Crippen LogP contribution is 2.24. The number of benzene rings is 1. The molecule has 0 spiro atoms. The number of aromatic carboxylic acids is 1. The summed E-state index contributed by atoms with van der Waals surface area (Å²) in [5.41, 5.74) is 1.05. The van der Waals surface area contributed by atoms with Crippen LogP contribution in [0.2, 0.25) is 0 Å². The number of likely N-dealkylation sites (N-methyl/N-ethyl adjacent to an activating group) is 1. The zero-order chi connectivity index (χ0) is 16.3. The van der Waals surface area contributed by atoms with Crippen molar-refractivity contribution < 1.29 is 19.8 Å². The van der Waals surface area contributed by atoms with Crippen LogP contribution in [0, 0.1) is 0 Å². The van der Waals surface area contributed by atoms with Crippen LogP contribution in [0.3, 0.4) is 0 Å². The molecule has 0 fully saturated rings. The molecule has 1 aromatic heterocycles. The SMILES string of the molecule is CC(c1cccc(O)c1)N(C)C(=O)Cc1cc(C(=O)O)cs1. The van der Waals surface area contributed by atoms with Crippen molar-refractivity contribution in [3.8, 4) is 5.75 Å². The van der Waals surface area contributed by atoms with E-state index in [4.69, 9.17) is 5.11 Å². The Morgan fingerprint density at radius 3 is 2.64 bits per heavy atom. The van der Waals surface area contributed by atoms with Gasteiger partial charge in [-0.1, -0.05) is 12.1 Å². The lowest BCUT2D eigenvalue weighted by Gasteiger charge is -2.25. The molecule has 0 aliphatic heterocycles. The molecule has 1 aromatic carbocycles. The quantitative estimate of drug-likeness (QED) is 0.888. The van der Waals surface area contributed by atoms with Crippen molar-refractivity contribution >= 4 is 23.2 Å². The minimum absolute atomic E-state index is 0.102. The fraction of sp³-hybridized carbons (Fsp3) is 0.250. The van der Waals surface area contributed by atoms with Gasteiger partial charge in [0.2, 0.25) is 5.91 Å². The highest BCUT2D eigenvalue weighted by atomic mass is 32.1. The molecule has 116 valence electrons. The molecule has 1 atom stereocenters. The maximum absolute atomic E-state index is 12.3. The molecule has 0 saturated heterocycles. The summed E-state index contributed by atoms with van der Waals surface area (Å²) in [6.45, 7) is 1.88. The van der Waals surface area contributed by atoms with Gasteiger partial charge in [0.15, 0.2) is 0 Å². The molecule has 0 bridgehead atoms. The van der Waals surface area contributed by atoms with Gasteiger partial charge in [0.05, 0.1) is 18.0 Å². The average molecular weight is 319 g/mol. The standard InChI is InChI=1S/C16H17NO4S/c1-10(11-4-3-5-13(18)6-11)17(2)15(19)8-14-7-12(9-22-14)16(20)21/h3-7,9-10,18H,8H2,1-2H3,(H,20,21). The van der Waals surface area contributed by atoms with Crippen LogP contribution in [-0.2, 0) is 11.2 Å². The van der Waals surface area contributed by atoms with Crippen molar-refractivity contribution in [3.63, 3.8) is 0 Å². The summed E-state index contributed by atoms with van der Waals surface area (Å²) in [6.07, 6.45) is 0.164. The van der Waals surface area contributed by atoms with E-state index in [0.717, 1.165) is 10.4 Å². The Balaban J connectivity index is 2.06. The normalized spacial score (nSPS) is 11.9. The number of carbonyl (C=O) groups is 2. The first-order valence-electron chi connectivity index (χ1n) is 6.73. The Morgan fingerprint density at radius 1 is 1.32 bits per heavy atom. The lowest BCUT2D eigenvalue weighted by molar-refractivity contribution is -0.131. The van der Waals surface area contributed by atoms with E-state index in [-0.39, 0.29) is 29.7 Å². The van der Waals surface area contributed by atoms with Gasteiger partial charge in [-0.15, -0.1) is 11.3 Å². The van der Waals surface area contributed by atoms with E-state index in [1.807, 2.05) is 13.0 Å². The molecule has 0 aliphatic carbocycles. The number of aromatic hydroxyl groups is 1. The summed E-state index contributed by atoms with van der Waals surface area (Å²) in [5.74, 6) is -0.930. The predicted octanol–water partition coefficient (Wildman–Crippen LogP) is 2.91. The second-order valence-corrected chi connectivity index (χ2v) is 6.06. The largest absolute Gasteiger partial charge is 0.508 e. The number of nitrogens with zero attached hydrogens (tertiary/aromatic N) is 1. The molecule has 0 radical (unpaired) electrons. The minimum atomic E-state index is -0.989. The number of hydrogen-bond donors (Lipinski definition) is 2. The highest BCUT2D eigenvalue weighted by Gasteiger charge is 2.19. The summed E-state index contributed by atoms with van der Waals surface area (Å²) in [5, 5.41) is 19.9. The highest BCUT2D eigenvalue weighted by molar-refractivity contribution is 7.10. The molecule has 1 unspecified atom stereocenters. The van der Waals surface area contributed by atoms with E-state index in [2.05, 4.69) is 0 Å². The van der Waals surface area contributed by atoms with Crippen LogP contribution in [0.25, 0.3) is 0 Å². The third-order valence-corrected chi connectivity index (χ3v) is 4.49. The average Bonchev–Trinajstić information content (AvgIpc) is 2.94. The van der Waals surface area contributed by atoms with Crippen LogP contribution in [0.5, 0.6) is 5.75 Å². The van der Waals surface area contributed by atoms with Crippen molar-refractivity contribution in [1.29, 1.82) is 0 Å². The Bertz CT molecular complexity index is 695. The van der Waals surface area contributed by atoms with Crippen molar-refractivity contribution in [1.82, 2.24) is 4.90 Å². The summed E-state index contributed by atoms with van der Waals surface area (Å²) < 4.78 is 0. The third kappa shape index (κ3) is 3.65. The molecule has 0 aliphatic rings. The molecule has 1 heterocycles. The number of thiophene rings is 1. The van der Waals surface area contributed by atoms with Crippen molar-refractivity contribution in [2.75, 3.05) is 7.05 Å². The Labute approximate surface area is 132 Å². The third-order valence-electron chi connectivity index (χ3n) is 3.55. The van der Waals surface area contributed by atoms with Gasteiger partial charge in [-0.3, -0.25) is 4.79 Å². The van der Waals surface area contributed by atoms with Crippen molar-refractivity contribution in [3.05, 3.63) is 51.7 Å². The Hall–Kier alpha value is -2.34. The summed E-state index contributed by atoms with van der Waals surface area (Å²) in [4.78, 5) is 25.5. The van der Waals surface area contributed by atoms with Gasteiger partial charge in [-0.25, -0.2) is 4.79 Å². The first kappa shape index (κ1) is 16.0. The zero-order valence-corrected chi connectivity index (χ0v) is 13.1. The van der Waals surface area contributed by atoms with E-state index >= 15 is 0 Å². The number of hydrogen-bond acceptors (Lipinski definition) is 4. The number of carbonyl (C=O) groups excluding carboxylic acids is 1. The molecule has 0 saturated carbocycles. The van der Waals surface area contributed by atoms with Gasteiger partial charge in [-0.2, -0.15) is 0 Å². The van der Waals surface area contributed by atoms with Crippen LogP contribution in [0.15, 0.2) is 35.7 Å². The number of phenols is 1. The second-order valence-electron chi connectivity index (χ2n) is 5.06. The second kappa shape index (κ2) is 6.62. The van der Waals surface area contributed by atoms with E-state index in [1.54, 1.807) is 30.1 Å². The van der Waals surface area contributed by atoms with E-state index in [0.29, 0.717) is 0 Å². The molecule has 2 rings (SSSR count). The van der Waals surface area contributed by atoms with E-state index in [9.17, 15) is 14.7 Å². The monoisotopic (exact) mass is 319 g/mol. The Kier molecular flexibility index (Phi) is 4.82. The number of carboxylic acid groups (broad SMARTS) is 1. The number of carboxylic acids is 1. The van der Waals surface area contributed by atoms with Crippen LogP contribution in [-0.4, -0.2) is 34.0 Å². The van der Waals surface area contributed by atoms with Crippen LogP contribution in [0.4, 0.5) is 0 Å². The topological polar surface area (TPSA) is 77.8 Å². The lowest BCUT2D eigenvalue weighted by Crippen LogP contribution is -2.30. The van der Waals surface area contributed by atoms with Gasteiger partial charge in [-0.05, 0) is 30.7 Å². The van der Waals surface area contributed by atoms with Crippen molar-refractivity contribution in [2.45, 2.75) is 19.4 Å². The van der Waals surface area contributed by atoms with Crippen molar-refractivity contribution in [2.24, 2.45) is 0 Å². The summed E-state index contributed by atoms with van der Waals surface area (Å²) >= 11 is 1.27. The molecule has 1 amide bonds. The smallest absolute Gasteiger partial charge is 0.336 e. The van der Waals surface area contributed by atoms with Gasteiger partial charge < -0.3 is 15.1 Å². The van der Waals surface area contributed by atoms with Gasteiger partial charge in [0, 0.05) is 17.3 Å². The molecule has 2 aromatic rings. The van der Waals surface area contributed by atoms with Crippen LogP contribution < -0.4 is 0 Å². The first-order valence-corrected chi connectivity index (χ1v) is 7.61. The van der Waals surface area contributed by atoms with Gasteiger partial charge >= 0.3 is 5.97 Å². The molecule has 5 nitrogen and oxygen atoms in total. The maximum atomic E-state index is 12.3. The van der Waals surface area contributed by atoms with E-state index in [1.165, 1.54) is 22.8 Å². The molecule has 6 heteroatoms. The maximum Gasteiger partial charge on any atom is 0.336 e. The van der Waals surface area contributed by atoms with Crippen LogP contribution in [0.1, 0.15) is 33.8 Å². The Morgan fingerprint density at radius 2 is 2.05 bits per heavy atom. The fourth-order valence-electron chi connectivity index (χ4n) is 2.08. The first-order chi connectivity index (χ1) is 10.4. The summed E-state index contributed by atoms with van der Waals surface area (Å²) in [7, 11) is 1.70. The zero-order valence-electron chi connectivity index (χ0n) is 12.3. The van der Waals surface area contributed by atoms with E-state index < -0.39 is 5.97 Å². The fourth-order valence-corrected chi connectivity index (χ4v) is 2.93. The van der Waals surface area contributed by atoms with Gasteiger partial charge in [0.1, 0.15) is 5.75 Å². The molecule has 22 heavy (non-hydrogen) atoms. The minimum Gasteiger partial charge on any atom is -0.508 e. The number of phenolic OH excluding ortho intramolecular Hbond substituents is 1. The number of rotatable bonds is 5. The van der Waals surface area contributed by atoms with Gasteiger partial charge in [0.25, 0.3) is 0 Å². The lowest BCUT2D eigenvalue weighted by atomic mass is 10.1. The molecular formula is C16H17NO4S. The molecular weight excluding hydrogens is 302 g/mol. The molecule has 2 N–H and O–H groups in total.